The number of H-pyrrole nitrogens is 1. The van der Waals surface area contributed by atoms with Crippen molar-refractivity contribution < 1.29 is 18.2 Å². The van der Waals surface area contributed by atoms with Crippen molar-refractivity contribution in [3.05, 3.63) is 16.7 Å². The van der Waals surface area contributed by atoms with Crippen molar-refractivity contribution in [3.63, 3.8) is 0 Å². The maximum atomic E-state index is 12.5. The molecule has 3 heterocycles. The molecule has 0 spiro atoms. The summed E-state index contributed by atoms with van der Waals surface area (Å²) >= 11 is 0. The van der Waals surface area contributed by atoms with E-state index in [2.05, 4.69) is 67.1 Å². The number of nitrogens with zero attached hydrogens (tertiary/aromatic N) is 4. The summed E-state index contributed by atoms with van der Waals surface area (Å²) in [6.45, 7) is 15.2. The van der Waals surface area contributed by atoms with E-state index in [0.717, 1.165) is 6.42 Å². The molecule has 0 aliphatic carbocycles. The van der Waals surface area contributed by atoms with Crippen LogP contribution in [0.2, 0.25) is 18.1 Å². The van der Waals surface area contributed by atoms with Crippen LogP contribution in [0, 0.1) is 11.3 Å². The quantitative estimate of drug-likeness (QED) is 0.267. The molecule has 2 aromatic rings. The lowest BCUT2D eigenvalue weighted by Gasteiger charge is -2.40. The van der Waals surface area contributed by atoms with Crippen LogP contribution in [-0.2, 0) is 18.2 Å². The van der Waals surface area contributed by atoms with Crippen LogP contribution in [0.5, 0.6) is 0 Å². The van der Waals surface area contributed by atoms with Gasteiger partial charge in [0.1, 0.15) is 12.2 Å². The minimum Gasteiger partial charge on any atom is -0.408 e. The third kappa shape index (κ3) is 5.93. The summed E-state index contributed by atoms with van der Waals surface area (Å²) in [6, 6.07) is 2.08. The first-order chi connectivity index (χ1) is 16.4. The number of fused-ring (bicyclic) bond motifs is 1. The van der Waals surface area contributed by atoms with Gasteiger partial charge in [-0.05, 0) is 24.6 Å². The van der Waals surface area contributed by atoms with Crippen molar-refractivity contribution in [2.24, 2.45) is 0 Å². The smallest absolute Gasteiger partial charge is 0.280 e. The largest absolute Gasteiger partial charge is 0.408 e. The van der Waals surface area contributed by atoms with Gasteiger partial charge in [-0.3, -0.25) is 14.3 Å². The second-order valence-corrected chi connectivity index (χ2v) is 16.2. The monoisotopic (exact) mass is 524 g/mol. The van der Waals surface area contributed by atoms with E-state index in [4.69, 9.17) is 23.5 Å². The standard InChI is InChI=1S/C22H37N6O5PSi/c1-9-14-16(33-35(7,8)22(2,3)4)17(32-34(6)30-12-10-11-23)20(31-14)28-13-25-15-18(28)26-21(24-5)27-19(15)29/h13-14,16-17,20H,9-10,12H2,1-8H3,(H2,24,26,27,29)/t14-,16+,17?,20-,34?/m1/s1. The zero-order valence-corrected chi connectivity index (χ0v) is 23.7. The number of imidazole rings is 1. The Bertz CT molecular complexity index is 1110. The Morgan fingerprint density at radius 1 is 1.37 bits per heavy atom. The van der Waals surface area contributed by atoms with E-state index in [0.29, 0.717) is 18.2 Å². The summed E-state index contributed by atoms with van der Waals surface area (Å²) in [4.78, 5) is 24.0. The molecule has 2 unspecified atom stereocenters. The van der Waals surface area contributed by atoms with Crippen LogP contribution in [0.1, 0.15) is 46.8 Å². The third-order valence-corrected chi connectivity index (χ3v) is 12.2. The van der Waals surface area contributed by atoms with E-state index < -0.39 is 29.0 Å². The SMILES string of the molecule is CC[C@H]1O[C@@H](n2cnc3c(=O)[nH]c(NC)nc32)C(OP(C)OCCC#N)[C@H]1O[Si](C)(C)C(C)(C)C. The van der Waals surface area contributed by atoms with E-state index in [9.17, 15) is 4.79 Å². The van der Waals surface area contributed by atoms with E-state index in [-0.39, 0.29) is 34.7 Å². The molecule has 0 radical (unpaired) electrons. The molecule has 2 N–H and O–H groups in total. The van der Waals surface area contributed by atoms with Gasteiger partial charge in [-0.2, -0.15) is 10.2 Å². The first-order valence-electron chi connectivity index (χ1n) is 11.8. The summed E-state index contributed by atoms with van der Waals surface area (Å²) in [5.41, 5.74) is 0.273. The number of hydrogen-bond donors (Lipinski definition) is 2. The number of hydrogen-bond acceptors (Lipinski definition) is 9. The highest BCUT2D eigenvalue weighted by Crippen LogP contribution is 2.47. The highest BCUT2D eigenvalue weighted by molar-refractivity contribution is 7.46. The van der Waals surface area contributed by atoms with Crippen LogP contribution in [-0.4, -0.2) is 66.5 Å². The van der Waals surface area contributed by atoms with Crippen molar-refractivity contribution in [3.8, 4) is 6.07 Å². The maximum absolute atomic E-state index is 12.5. The molecule has 5 atom stereocenters. The lowest BCUT2D eigenvalue weighted by atomic mass is 10.1. The summed E-state index contributed by atoms with van der Waals surface area (Å²) in [5.74, 6) is 0.332. The zero-order valence-electron chi connectivity index (χ0n) is 21.8. The number of anilines is 1. The molecule has 194 valence electrons. The highest BCUT2D eigenvalue weighted by Gasteiger charge is 2.52. The second kappa shape index (κ2) is 11.0. The van der Waals surface area contributed by atoms with Gasteiger partial charge in [-0.25, -0.2) is 4.98 Å². The lowest BCUT2D eigenvalue weighted by molar-refractivity contribution is -0.0302. The first-order valence-corrected chi connectivity index (χ1v) is 16.3. The van der Waals surface area contributed by atoms with Gasteiger partial charge in [0.25, 0.3) is 5.56 Å². The molecule has 0 bridgehead atoms. The van der Waals surface area contributed by atoms with Crippen molar-refractivity contribution in [2.45, 2.75) is 83.2 Å². The van der Waals surface area contributed by atoms with Gasteiger partial charge in [-0.1, -0.05) is 27.7 Å². The fraction of sp³-hybridized carbons (Fsp3) is 0.727. The zero-order chi connectivity index (χ0) is 26.0. The Morgan fingerprint density at radius 3 is 2.69 bits per heavy atom. The van der Waals surface area contributed by atoms with E-state index in [1.54, 1.807) is 17.9 Å². The average Bonchev–Trinajstić information content (AvgIpc) is 3.34. The van der Waals surface area contributed by atoms with Gasteiger partial charge >= 0.3 is 0 Å². The number of aromatic nitrogens is 4. The molecule has 11 nitrogen and oxygen atoms in total. The van der Waals surface area contributed by atoms with Crippen LogP contribution < -0.4 is 10.9 Å². The molecule has 1 aliphatic rings. The summed E-state index contributed by atoms with van der Waals surface area (Å²) in [5, 5.41) is 11.7. The van der Waals surface area contributed by atoms with Crippen LogP contribution >= 0.6 is 8.38 Å². The number of nitrogens with one attached hydrogen (secondary N) is 2. The van der Waals surface area contributed by atoms with Gasteiger partial charge in [0.15, 0.2) is 34.1 Å². The van der Waals surface area contributed by atoms with Crippen molar-refractivity contribution in [1.29, 1.82) is 5.26 Å². The Labute approximate surface area is 208 Å². The minimum absolute atomic E-state index is 0.00752. The van der Waals surface area contributed by atoms with Crippen LogP contribution in [0.4, 0.5) is 5.95 Å². The lowest BCUT2D eigenvalue weighted by Crippen LogP contribution is -2.49. The Hall–Kier alpha value is -1.87. The van der Waals surface area contributed by atoms with E-state index >= 15 is 0 Å². The Balaban J connectivity index is 2.04. The van der Waals surface area contributed by atoms with Crippen molar-refractivity contribution in [1.82, 2.24) is 19.5 Å². The van der Waals surface area contributed by atoms with Gasteiger partial charge in [0.05, 0.1) is 31.5 Å². The molecule has 0 amide bonds. The van der Waals surface area contributed by atoms with E-state index in [1.807, 2.05) is 6.66 Å². The van der Waals surface area contributed by atoms with Gasteiger partial charge in [-0.15, -0.1) is 0 Å². The minimum atomic E-state index is -2.19. The molecule has 0 aromatic carbocycles. The average molecular weight is 525 g/mol. The topological polar surface area (TPSA) is 136 Å². The van der Waals surface area contributed by atoms with Crippen molar-refractivity contribution >= 4 is 33.8 Å². The number of nitriles is 1. The fourth-order valence-electron chi connectivity index (χ4n) is 3.68. The molecule has 35 heavy (non-hydrogen) atoms. The predicted molar refractivity (Wildman–Crippen MR) is 138 cm³/mol. The number of aromatic amines is 1. The molecule has 13 heteroatoms. The second-order valence-electron chi connectivity index (χ2n) is 10.1. The summed E-state index contributed by atoms with van der Waals surface area (Å²) in [6.07, 6.45) is 0.835. The van der Waals surface area contributed by atoms with Crippen LogP contribution in [0.25, 0.3) is 11.2 Å². The molecule has 3 rings (SSSR count). The molecule has 2 aromatic heterocycles. The van der Waals surface area contributed by atoms with Gasteiger partial charge in [0, 0.05) is 13.7 Å². The summed E-state index contributed by atoms with van der Waals surface area (Å²) < 4.78 is 27.4. The summed E-state index contributed by atoms with van der Waals surface area (Å²) in [7, 11) is -1.82. The molecule has 0 saturated carbocycles. The molecule has 1 fully saturated rings. The molecule has 1 aliphatic heterocycles. The molecule has 1 saturated heterocycles. The van der Waals surface area contributed by atoms with Crippen LogP contribution in [0.3, 0.4) is 0 Å². The Kier molecular flexibility index (Phi) is 8.73. The maximum Gasteiger partial charge on any atom is 0.280 e. The van der Waals surface area contributed by atoms with E-state index in [1.165, 1.54) is 0 Å². The van der Waals surface area contributed by atoms with Crippen LogP contribution in [0.15, 0.2) is 11.1 Å². The first kappa shape index (κ1) is 27.7. The Morgan fingerprint density at radius 2 is 2.09 bits per heavy atom. The molecular formula is C22H37N6O5PSi. The third-order valence-electron chi connectivity index (χ3n) is 6.63. The number of ether oxygens (including phenoxy) is 1. The van der Waals surface area contributed by atoms with Gasteiger partial charge in [0.2, 0.25) is 5.95 Å². The highest BCUT2D eigenvalue weighted by atomic mass is 31.2. The van der Waals surface area contributed by atoms with Gasteiger partial charge < -0.3 is 23.5 Å². The normalized spacial score (nSPS) is 24.0. The molecular weight excluding hydrogens is 487 g/mol. The number of rotatable bonds is 10. The predicted octanol–water partition coefficient (Wildman–Crippen LogP) is 4.12. The fourth-order valence-corrected chi connectivity index (χ4v) is 5.98. The van der Waals surface area contributed by atoms with Crippen molar-refractivity contribution in [2.75, 3.05) is 25.6 Å².